The van der Waals surface area contributed by atoms with Crippen LogP contribution in [0.1, 0.15) is 50.8 Å². The molecule has 3 aromatic rings. The van der Waals surface area contributed by atoms with Crippen LogP contribution in [-0.4, -0.2) is 33.2 Å². The van der Waals surface area contributed by atoms with E-state index in [9.17, 15) is 9.59 Å². The Hall–Kier alpha value is -2.89. The van der Waals surface area contributed by atoms with E-state index in [-0.39, 0.29) is 11.7 Å². The summed E-state index contributed by atoms with van der Waals surface area (Å²) in [6.45, 7) is 2.32. The van der Waals surface area contributed by atoms with Crippen molar-refractivity contribution in [2.75, 3.05) is 6.54 Å². The summed E-state index contributed by atoms with van der Waals surface area (Å²) in [7, 11) is 0. The molecule has 0 fully saturated rings. The van der Waals surface area contributed by atoms with Gasteiger partial charge in [0.2, 0.25) is 0 Å². The smallest absolute Gasteiger partial charge is 0.268 e. The average molecular weight is 336 g/mol. The van der Waals surface area contributed by atoms with Crippen LogP contribution >= 0.6 is 0 Å². The molecule has 2 aromatic heterocycles. The summed E-state index contributed by atoms with van der Waals surface area (Å²) in [5, 5.41) is 2.92. The minimum absolute atomic E-state index is 0.135. The number of ketones is 1. The van der Waals surface area contributed by atoms with Gasteiger partial charge in [0.25, 0.3) is 5.91 Å². The fourth-order valence-corrected chi connectivity index (χ4v) is 3.51. The highest BCUT2D eigenvalue weighted by molar-refractivity contribution is 6.04. The number of Topliss-reactive ketones (excluding diaryl/α,β-unsaturated/α-hetero) is 1. The van der Waals surface area contributed by atoms with Gasteiger partial charge in [-0.2, -0.15) is 0 Å². The SMILES string of the molecule is Cc1c(C(=O)NCCc2nc3ccccc3[nH]2)[nH]c2c1C(=O)CCC2. The van der Waals surface area contributed by atoms with Crippen molar-refractivity contribution in [2.24, 2.45) is 0 Å². The standard InChI is InChI=1S/C19H20N4O2/c1-11-17-14(7-4-8-15(17)24)23-18(11)19(25)20-10-9-16-21-12-5-2-3-6-13(12)22-16/h2-3,5-6,23H,4,7-10H2,1H3,(H,20,25)(H,21,22). The molecule has 1 aromatic carbocycles. The summed E-state index contributed by atoms with van der Waals surface area (Å²) in [6, 6.07) is 7.85. The number of aromatic nitrogens is 3. The lowest BCUT2D eigenvalue weighted by Crippen LogP contribution is -2.27. The predicted molar refractivity (Wildman–Crippen MR) is 94.9 cm³/mol. The first-order valence-corrected chi connectivity index (χ1v) is 8.60. The van der Waals surface area contributed by atoms with Gasteiger partial charge in [-0.1, -0.05) is 12.1 Å². The molecule has 128 valence electrons. The molecular formula is C19H20N4O2. The molecule has 0 radical (unpaired) electrons. The Morgan fingerprint density at radius 2 is 2.08 bits per heavy atom. The number of imidazole rings is 1. The first-order chi connectivity index (χ1) is 12.1. The number of carbonyl (C=O) groups excluding carboxylic acids is 2. The molecule has 0 bridgehead atoms. The molecule has 1 amide bonds. The number of amides is 1. The number of H-pyrrole nitrogens is 2. The summed E-state index contributed by atoms with van der Waals surface area (Å²) in [5.74, 6) is 0.811. The summed E-state index contributed by atoms with van der Waals surface area (Å²) in [5.41, 5.74) is 4.81. The zero-order valence-corrected chi connectivity index (χ0v) is 14.1. The predicted octanol–water partition coefficient (Wildman–Crippen LogP) is 2.69. The molecule has 0 atom stereocenters. The number of aromatic amines is 2. The lowest BCUT2D eigenvalue weighted by molar-refractivity contribution is 0.0948. The number of fused-ring (bicyclic) bond motifs is 2. The molecule has 0 unspecified atom stereocenters. The monoisotopic (exact) mass is 336 g/mol. The van der Waals surface area contributed by atoms with Gasteiger partial charge in [0, 0.05) is 30.6 Å². The number of aryl methyl sites for hydroxylation is 1. The van der Waals surface area contributed by atoms with E-state index in [4.69, 9.17) is 0 Å². The van der Waals surface area contributed by atoms with E-state index < -0.39 is 0 Å². The van der Waals surface area contributed by atoms with Crippen molar-refractivity contribution in [2.45, 2.75) is 32.6 Å². The Kier molecular flexibility index (Phi) is 3.87. The van der Waals surface area contributed by atoms with E-state index in [0.29, 0.717) is 30.6 Å². The van der Waals surface area contributed by atoms with E-state index >= 15 is 0 Å². The van der Waals surface area contributed by atoms with Crippen molar-refractivity contribution in [3.63, 3.8) is 0 Å². The minimum Gasteiger partial charge on any atom is -0.354 e. The highest BCUT2D eigenvalue weighted by atomic mass is 16.2. The number of nitrogens with one attached hydrogen (secondary N) is 3. The molecule has 0 aliphatic heterocycles. The number of carbonyl (C=O) groups is 2. The summed E-state index contributed by atoms with van der Waals surface area (Å²) in [6.07, 6.45) is 2.87. The largest absolute Gasteiger partial charge is 0.354 e. The van der Waals surface area contributed by atoms with Gasteiger partial charge in [0.1, 0.15) is 11.5 Å². The first-order valence-electron chi connectivity index (χ1n) is 8.60. The lowest BCUT2D eigenvalue weighted by atomic mass is 9.94. The topological polar surface area (TPSA) is 90.6 Å². The van der Waals surface area contributed by atoms with Gasteiger partial charge >= 0.3 is 0 Å². The zero-order valence-electron chi connectivity index (χ0n) is 14.1. The number of benzene rings is 1. The van der Waals surface area contributed by atoms with Crippen molar-refractivity contribution in [1.82, 2.24) is 20.3 Å². The Labute approximate surface area is 145 Å². The van der Waals surface area contributed by atoms with Crippen LogP contribution in [0, 0.1) is 6.92 Å². The van der Waals surface area contributed by atoms with Crippen molar-refractivity contribution < 1.29 is 9.59 Å². The molecule has 1 aliphatic rings. The normalized spacial score (nSPS) is 13.9. The van der Waals surface area contributed by atoms with Crippen LogP contribution in [0.25, 0.3) is 11.0 Å². The van der Waals surface area contributed by atoms with Gasteiger partial charge in [-0.3, -0.25) is 9.59 Å². The average Bonchev–Trinajstić information content (AvgIpc) is 3.16. The van der Waals surface area contributed by atoms with Crippen LogP contribution in [0.3, 0.4) is 0 Å². The maximum absolute atomic E-state index is 12.5. The van der Waals surface area contributed by atoms with Crippen molar-refractivity contribution in [3.8, 4) is 0 Å². The molecule has 25 heavy (non-hydrogen) atoms. The highest BCUT2D eigenvalue weighted by Crippen LogP contribution is 2.26. The third-order valence-electron chi connectivity index (χ3n) is 4.75. The number of para-hydroxylation sites is 2. The van der Waals surface area contributed by atoms with Gasteiger partial charge < -0.3 is 15.3 Å². The zero-order chi connectivity index (χ0) is 17.4. The van der Waals surface area contributed by atoms with E-state index in [1.165, 1.54) is 0 Å². The van der Waals surface area contributed by atoms with Crippen LogP contribution in [-0.2, 0) is 12.8 Å². The van der Waals surface area contributed by atoms with Crippen molar-refractivity contribution in [3.05, 3.63) is 52.6 Å². The number of rotatable bonds is 4. The van der Waals surface area contributed by atoms with Crippen molar-refractivity contribution >= 4 is 22.7 Å². The maximum atomic E-state index is 12.5. The van der Waals surface area contributed by atoms with Crippen LogP contribution < -0.4 is 5.32 Å². The highest BCUT2D eigenvalue weighted by Gasteiger charge is 2.26. The fourth-order valence-electron chi connectivity index (χ4n) is 3.51. The summed E-state index contributed by atoms with van der Waals surface area (Å²) in [4.78, 5) is 35.4. The minimum atomic E-state index is -0.171. The lowest BCUT2D eigenvalue weighted by Gasteiger charge is -2.09. The fraction of sp³-hybridized carbons (Fsp3) is 0.316. The molecule has 3 N–H and O–H groups in total. The Morgan fingerprint density at radius 1 is 1.24 bits per heavy atom. The molecular weight excluding hydrogens is 316 g/mol. The van der Waals surface area contributed by atoms with E-state index in [1.807, 2.05) is 31.2 Å². The van der Waals surface area contributed by atoms with E-state index in [2.05, 4.69) is 20.3 Å². The molecule has 6 heteroatoms. The Balaban J connectivity index is 1.43. The Bertz CT molecular complexity index is 934. The van der Waals surface area contributed by atoms with Crippen LogP contribution in [0.15, 0.2) is 24.3 Å². The quantitative estimate of drug-likeness (QED) is 0.684. The molecule has 0 spiro atoms. The third-order valence-corrected chi connectivity index (χ3v) is 4.75. The maximum Gasteiger partial charge on any atom is 0.268 e. The van der Waals surface area contributed by atoms with Crippen molar-refractivity contribution in [1.29, 1.82) is 0 Å². The molecule has 6 nitrogen and oxygen atoms in total. The molecule has 0 saturated carbocycles. The van der Waals surface area contributed by atoms with E-state index in [1.54, 1.807) is 0 Å². The molecule has 1 aliphatic carbocycles. The number of hydrogen-bond acceptors (Lipinski definition) is 3. The van der Waals surface area contributed by atoms with Crippen LogP contribution in [0.2, 0.25) is 0 Å². The van der Waals surface area contributed by atoms with Gasteiger partial charge in [-0.15, -0.1) is 0 Å². The summed E-state index contributed by atoms with van der Waals surface area (Å²) >= 11 is 0. The summed E-state index contributed by atoms with van der Waals surface area (Å²) < 4.78 is 0. The van der Waals surface area contributed by atoms with Gasteiger partial charge in [0.05, 0.1) is 11.0 Å². The second kappa shape index (κ2) is 6.20. The number of nitrogens with zero attached hydrogens (tertiary/aromatic N) is 1. The second-order valence-electron chi connectivity index (χ2n) is 6.46. The van der Waals surface area contributed by atoms with E-state index in [0.717, 1.165) is 41.0 Å². The molecule has 0 saturated heterocycles. The van der Waals surface area contributed by atoms with Gasteiger partial charge in [-0.25, -0.2) is 4.98 Å². The van der Waals surface area contributed by atoms with Crippen LogP contribution in [0.5, 0.6) is 0 Å². The molecule has 4 rings (SSSR count). The first kappa shape index (κ1) is 15.6. The second-order valence-corrected chi connectivity index (χ2v) is 6.46. The van der Waals surface area contributed by atoms with Gasteiger partial charge in [-0.05, 0) is 37.5 Å². The Morgan fingerprint density at radius 3 is 2.88 bits per heavy atom. The molecule has 2 heterocycles. The third kappa shape index (κ3) is 2.84. The van der Waals surface area contributed by atoms with Crippen LogP contribution in [0.4, 0.5) is 0 Å². The number of hydrogen-bond donors (Lipinski definition) is 3. The van der Waals surface area contributed by atoms with Gasteiger partial charge in [0.15, 0.2) is 5.78 Å².